The molecule has 5 nitrogen and oxygen atoms in total. The number of nitrogens with one attached hydrogen (secondary N) is 1. The van der Waals surface area contributed by atoms with Gasteiger partial charge < -0.3 is 15.2 Å². The number of carbonyl (C=O) groups is 2. The van der Waals surface area contributed by atoms with Gasteiger partial charge in [-0.15, -0.1) is 0 Å². The topological polar surface area (TPSA) is 75.6 Å². The molecule has 1 rings (SSSR count). The van der Waals surface area contributed by atoms with Crippen LogP contribution in [0.1, 0.15) is 18.9 Å². The Morgan fingerprint density at radius 1 is 1.45 bits per heavy atom. The highest BCUT2D eigenvalue weighted by molar-refractivity contribution is 6.30. The second-order valence-electron chi connectivity index (χ2n) is 3.99. The van der Waals surface area contributed by atoms with Crippen LogP contribution < -0.4 is 10.1 Å². The highest BCUT2D eigenvalue weighted by atomic mass is 35.5. The Morgan fingerprint density at radius 2 is 2.20 bits per heavy atom. The van der Waals surface area contributed by atoms with E-state index in [0.29, 0.717) is 22.9 Å². The third-order valence-electron chi connectivity index (χ3n) is 2.31. The maximum atomic E-state index is 11.4. The summed E-state index contributed by atoms with van der Waals surface area (Å²) in [6.07, 6.45) is 3.20. The van der Waals surface area contributed by atoms with E-state index in [2.05, 4.69) is 5.32 Å². The number of ether oxygens (including phenoxy) is 1. The van der Waals surface area contributed by atoms with Gasteiger partial charge in [0.25, 0.3) is 5.91 Å². The van der Waals surface area contributed by atoms with E-state index >= 15 is 0 Å². The normalized spacial score (nSPS) is 10.5. The summed E-state index contributed by atoms with van der Waals surface area (Å²) in [5, 5.41) is 11.8. The Bertz CT molecular complexity index is 514. The first-order valence-electron chi connectivity index (χ1n) is 6.13. The third kappa shape index (κ3) is 5.75. The second kappa shape index (κ2) is 8.22. The molecule has 0 aliphatic rings. The van der Waals surface area contributed by atoms with Crippen molar-refractivity contribution in [1.29, 1.82) is 0 Å². The van der Waals surface area contributed by atoms with Crippen LogP contribution >= 0.6 is 11.6 Å². The van der Waals surface area contributed by atoms with Crippen molar-refractivity contribution >= 4 is 29.6 Å². The number of hydrogen-bond donors (Lipinski definition) is 2. The number of amides is 1. The van der Waals surface area contributed by atoms with Gasteiger partial charge in [0.2, 0.25) is 0 Å². The van der Waals surface area contributed by atoms with Crippen molar-refractivity contribution < 1.29 is 19.4 Å². The molecule has 0 aliphatic heterocycles. The average Bonchev–Trinajstić information content (AvgIpc) is 2.41. The number of halogens is 1. The largest absolute Gasteiger partial charge is 0.483 e. The SMILES string of the molecule is CCCNC(=O)COc1ccc(Cl)cc1/C=C/C(=O)O. The number of hydrogen-bond acceptors (Lipinski definition) is 3. The molecule has 0 atom stereocenters. The summed E-state index contributed by atoms with van der Waals surface area (Å²) in [5.41, 5.74) is 0.503. The molecule has 0 bridgehead atoms. The molecule has 1 aromatic carbocycles. The molecule has 0 saturated heterocycles. The van der Waals surface area contributed by atoms with Crippen LogP contribution in [-0.2, 0) is 9.59 Å². The van der Waals surface area contributed by atoms with Gasteiger partial charge in [0.1, 0.15) is 5.75 Å². The van der Waals surface area contributed by atoms with E-state index in [-0.39, 0.29) is 12.5 Å². The lowest BCUT2D eigenvalue weighted by Gasteiger charge is -2.09. The average molecular weight is 298 g/mol. The molecule has 0 spiro atoms. The monoisotopic (exact) mass is 297 g/mol. The number of aliphatic carboxylic acids is 1. The molecule has 6 heteroatoms. The number of rotatable bonds is 7. The summed E-state index contributed by atoms with van der Waals surface area (Å²) >= 11 is 5.85. The van der Waals surface area contributed by atoms with Gasteiger partial charge in [0.15, 0.2) is 6.61 Å². The molecule has 1 amide bonds. The minimum absolute atomic E-state index is 0.129. The van der Waals surface area contributed by atoms with Crippen molar-refractivity contribution in [2.45, 2.75) is 13.3 Å². The quantitative estimate of drug-likeness (QED) is 0.758. The van der Waals surface area contributed by atoms with Gasteiger partial charge in [-0.25, -0.2) is 4.79 Å². The lowest BCUT2D eigenvalue weighted by molar-refractivity contribution is -0.131. The number of benzene rings is 1. The first-order chi connectivity index (χ1) is 9.52. The second-order valence-corrected chi connectivity index (χ2v) is 4.43. The number of carbonyl (C=O) groups excluding carboxylic acids is 1. The van der Waals surface area contributed by atoms with Gasteiger partial charge in [-0.3, -0.25) is 4.79 Å². The van der Waals surface area contributed by atoms with Gasteiger partial charge >= 0.3 is 5.97 Å². The maximum Gasteiger partial charge on any atom is 0.328 e. The zero-order valence-electron chi connectivity index (χ0n) is 11.1. The van der Waals surface area contributed by atoms with Crippen molar-refractivity contribution in [1.82, 2.24) is 5.32 Å². The zero-order chi connectivity index (χ0) is 15.0. The third-order valence-corrected chi connectivity index (χ3v) is 2.54. The van der Waals surface area contributed by atoms with E-state index in [1.54, 1.807) is 18.2 Å². The minimum Gasteiger partial charge on any atom is -0.483 e. The maximum absolute atomic E-state index is 11.4. The van der Waals surface area contributed by atoms with Crippen LogP contribution in [-0.4, -0.2) is 30.1 Å². The minimum atomic E-state index is -1.07. The summed E-state index contributed by atoms with van der Waals surface area (Å²) in [4.78, 5) is 22.0. The van der Waals surface area contributed by atoms with E-state index in [4.69, 9.17) is 21.4 Å². The molecule has 0 aliphatic carbocycles. The Morgan fingerprint density at radius 3 is 2.85 bits per heavy atom. The molecule has 0 unspecified atom stereocenters. The van der Waals surface area contributed by atoms with Gasteiger partial charge in [0, 0.05) is 23.2 Å². The first-order valence-corrected chi connectivity index (χ1v) is 6.50. The lowest BCUT2D eigenvalue weighted by atomic mass is 10.2. The fourth-order valence-electron chi connectivity index (χ4n) is 1.40. The van der Waals surface area contributed by atoms with E-state index in [0.717, 1.165) is 12.5 Å². The fourth-order valence-corrected chi connectivity index (χ4v) is 1.58. The first kappa shape index (κ1) is 16.0. The molecule has 1 aromatic rings. The molecule has 0 radical (unpaired) electrons. The molecular formula is C14H16ClNO4. The lowest BCUT2D eigenvalue weighted by Crippen LogP contribution is -2.29. The van der Waals surface area contributed by atoms with Crippen molar-refractivity contribution in [3.8, 4) is 5.75 Å². The van der Waals surface area contributed by atoms with Crippen LogP contribution in [0.5, 0.6) is 5.75 Å². The molecule has 2 N–H and O–H groups in total. The summed E-state index contributed by atoms with van der Waals surface area (Å²) in [5.74, 6) is -0.898. The molecule has 0 aromatic heterocycles. The molecule has 0 fully saturated rings. The summed E-state index contributed by atoms with van der Waals surface area (Å²) < 4.78 is 5.37. The van der Waals surface area contributed by atoms with Gasteiger partial charge in [-0.1, -0.05) is 18.5 Å². The summed E-state index contributed by atoms with van der Waals surface area (Å²) in [6, 6.07) is 4.77. The van der Waals surface area contributed by atoms with Crippen LogP contribution in [0.3, 0.4) is 0 Å². The smallest absolute Gasteiger partial charge is 0.328 e. The Labute approximate surface area is 122 Å². The fraction of sp³-hybridized carbons (Fsp3) is 0.286. The van der Waals surface area contributed by atoms with E-state index < -0.39 is 5.97 Å². The van der Waals surface area contributed by atoms with Crippen LogP contribution in [0.15, 0.2) is 24.3 Å². The van der Waals surface area contributed by atoms with E-state index in [1.807, 2.05) is 6.92 Å². The van der Waals surface area contributed by atoms with E-state index in [9.17, 15) is 9.59 Å². The van der Waals surface area contributed by atoms with Crippen molar-refractivity contribution in [2.24, 2.45) is 0 Å². The molecule has 0 saturated carbocycles. The zero-order valence-corrected chi connectivity index (χ0v) is 11.8. The van der Waals surface area contributed by atoms with Gasteiger partial charge in [-0.2, -0.15) is 0 Å². The van der Waals surface area contributed by atoms with Gasteiger partial charge in [0.05, 0.1) is 0 Å². The van der Waals surface area contributed by atoms with Gasteiger partial charge in [-0.05, 0) is 30.7 Å². The van der Waals surface area contributed by atoms with Crippen LogP contribution in [0.25, 0.3) is 6.08 Å². The highest BCUT2D eigenvalue weighted by Crippen LogP contribution is 2.24. The summed E-state index contributed by atoms with van der Waals surface area (Å²) in [6.45, 7) is 2.42. The van der Waals surface area contributed by atoms with Crippen molar-refractivity contribution in [2.75, 3.05) is 13.2 Å². The van der Waals surface area contributed by atoms with Crippen LogP contribution in [0.4, 0.5) is 0 Å². The Hall–Kier alpha value is -2.01. The highest BCUT2D eigenvalue weighted by Gasteiger charge is 2.06. The van der Waals surface area contributed by atoms with E-state index in [1.165, 1.54) is 6.08 Å². The molecular weight excluding hydrogens is 282 g/mol. The number of carboxylic acids is 1. The van der Waals surface area contributed by atoms with Crippen molar-refractivity contribution in [3.63, 3.8) is 0 Å². The molecule has 0 heterocycles. The Balaban J connectivity index is 2.73. The standard InChI is InChI=1S/C14H16ClNO4/c1-2-7-16-13(17)9-20-12-5-4-11(15)8-10(12)3-6-14(18)19/h3-6,8H,2,7,9H2,1H3,(H,16,17)(H,18,19)/b6-3+. The predicted molar refractivity (Wildman–Crippen MR) is 76.9 cm³/mol. The molecule has 20 heavy (non-hydrogen) atoms. The predicted octanol–water partition coefficient (Wildman–Crippen LogP) is 2.34. The molecule has 108 valence electrons. The Kier molecular flexibility index (Phi) is 6.59. The van der Waals surface area contributed by atoms with Crippen LogP contribution in [0, 0.1) is 0 Å². The van der Waals surface area contributed by atoms with Crippen molar-refractivity contribution in [3.05, 3.63) is 34.9 Å². The van der Waals surface area contributed by atoms with Crippen LogP contribution in [0.2, 0.25) is 5.02 Å². The summed E-state index contributed by atoms with van der Waals surface area (Å²) in [7, 11) is 0. The number of carboxylic acid groups (broad SMARTS) is 1.